The standard InChI is InChI=1S/C24H22FN3O3/c1-13-22(30)28(23(31)24(13,2)3)12-14-4-9-17-18(15-5-7-16(25)8-6-15)11-20(21(26)29)27-19(17)10-14/h4-11,13H,12H2,1-3H3,(H2,26,29). The maximum absolute atomic E-state index is 13.4. The van der Waals surface area contributed by atoms with E-state index in [-0.39, 0.29) is 29.9 Å². The van der Waals surface area contributed by atoms with Gasteiger partial charge in [0.2, 0.25) is 11.8 Å². The number of rotatable bonds is 4. The number of carbonyl (C=O) groups is 3. The Labute approximate surface area is 178 Å². The number of amides is 3. The smallest absolute Gasteiger partial charge is 0.267 e. The van der Waals surface area contributed by atoms with Gasteiger partial charge in [0, 0.05) is 11.3 Å². The summed E-state index contributed by atoms with van der Waals surface area (Å²) in [6, 6.07) is 12.9. The van der Waals surface area contributed by atoms with Gasteiger partial charge in [-0.1, -0.05) is 45.0 Å². The van der Waals surface area contributed by atoms with Crippen LogP contribution in [0.5, 0.6) is 0 Å². The van der Waals surface area contributed by atoms with Gasteiger partial charge < -0.3 is 5.73 Å². The largest absolute Gasteiger partial charge is 0.364 e. The fourth-order valence-corrected chi connectivity index (χ4v) is 3.87. The molecule has 1 saturated heterocycles. The lowest BCUT2D eigenvalue weighted by molar-refractivity contribution is -0.141. The quantitative estimate of drug-likeness (QED) is 0.653. The maximum atomic E-state index is 13.4. The Morgan fingerprint density at radius 2 is 1.81 bits per heavy atom. The molecule has 0 bridgehead atoms. The molecule has 1 aliphatic heterocycles. The number of nitrogens with zero attached hydrogens (tertiary/aromatic N) is 2. The molecule has 2 N–H and O–H groups in total. The normalized spacial score (nSPS) is 18.1. The van der Waals surface area contributed by atoms with Crippen molar-refractivity contribution in [2.75, 3.05) is 0 Å². The van der Waals surface area contributed by atoms with Crippen LogP contribution in [-0.2, 0) is 16.1 Å². The van der Waals surface area contributed by atoms with Crippen molar-refractivity contribution in [1.29, 1.82) is 0 Å². The van der Waals surface area contributed by atoms with E-state index in [2.05, 4.69) is 4.98 Å². The van der Waals surface area contributed by atoms with Crippen LogP contribution in [0.1, 0.15) is 36.8 Å². The fourth-order valence-electron chi connectivity index (χ4n) is 3.87. The van der Waals surface area contributed by atoms with E-state index in [1.807, 2.05) is 12.1 Å². The topological polar surface area (TPSA) is 93.4 Å². The second kappa shape index (κ2) is 7.27. The number of fused-ring (bicyclic) bond motifs is 1. The third kappa shape index (κ3) is 3.46. The van der Waals surface area contributed by atoms with Gasteiger partial charge in [0.15, 0.2) is 0 Å². The highest BCUT2D eigenvalue weighted by Crippen LogP contribution is 2.38. The SMILES string of the molecule is CC1C(=O)N(Cc2ccc3c(-c4ccc(F)cc4)cc(C(N)=O)nc3c2)C(=O)C1(C)C. The van der Waals surface area contributed by atoms with Gasteiger partial charge in [0.25, 0.3) is 5.91 Å². The van der Waals surface area contributed by atoms with E-state index < -0.39 is 17.2 Å². The minimum atomic E-state index is -0.749. The summed E-state index contributed by atoms with van der Waals surface area (Å²) in [5.74, 6) is -1.87. The number of aromatic nitrogens is 1. The molecule has 0 spiro atoms. The van der Waals surface area contributed by atoms with Crippen LogP contribution in [0.25, 0.3) is 22.0 Å². The molecule has 0 aliphatic carbocycles. The highest BCUT2D eigenvalue weighted by atomic mass is 19.1. The average molecular weight is 419 g/mol. The van der Waals surface area contributed by atoms with Crippen LogP contribution < -0.4 is 5.73 Å². The van der Waals surface area contributed by atoms with Crippen molar-refractivity contribution in [3.63, 3.8) is 0 Å². The highest BCUT2D eigenvalue weighted by molar-refractivity contribution is 6.07. The zero-order valence-electron chi connectivity index (χ0n) is 17.5. The minimum Gasteiger partial charge on any atom is -0.364 e. The molecule has 1 unspecified atom stereocenters. The van der Waals surface area contributed by atoms with E-state index >= 15 is 0 Å². The first-order valence-electron chi connectivity index (χ1n) is 9.95. The van der Waals surface area contributed by atoms with E-state index in [0.29, 0.717) is 22.2 Å². The number of carbonyl (C=O) groups excluding carboxylic acids is 3. The molecule has 0 radical (unpaired) electrons. The van der Waals surface area contributed by atoms with Gasteiger partial charge in [-0.25, -0.2) is 9.37 Å². The van der Waals surface area contributed by atoms with Crippen LogP contribution >= 0.6 is 0 Å². The summed E-state index contributed by atoms with van der Waals surface area (Å²) in [5, 5.41) is 0.744. The molecule has 1 atom stereocenters. The van der Waals surface area contributed by atoms with Gasteiger partial charge in [-0.2, -0.15) is 0 Å². The molecule has 3 amide bonds. The average Bonchev–Trinajstić information content (AvgIpc) is 2.88. The maximum Gasteiger partial charge on any atom is 0.267 e. The number of imide groups is 1. The van der Waals surface area contributed by atoms with E-state index in [4.69, 9.17) is 5.73 Å². The van der Waals surface area contributed by atoms with Gasteiger partial charge in [0.1, 0.15) is 11.5 Å². The molecule has 1 aliphatic rings. The van der Waals surface area contributed by atoms with E-state index in [1.165, 1.54) is 17.0 Å². The number of primary amides is 1. The lowest BCUT2D eigenvalue weighted by Gasteiger charge is -2.19. The molecule has 158 valence electrons. The van der Waals surface area contributed by atoms with Crippen molar-refractivity contribution in [3.05, 3.63) is 65.6 Å². The summed E-state index contributed by atoms with van der Waals surface area (Å²) in [6.07, 6.45) is 0. The summed E-state index contributed by atoms with van der Waals surface area (Å²) in [7, 11) is 0. The summed E-state index contributed by atoms with van der Waals surface area (Å²) in [6.45, 7) is 5.42. The Bertz CT molecular complexity index is 1230. The summed E-state index contributed by atoms with van der Waals surface area (Å²) >= 11 is 0. The fraction of sp³-hybridized carbons (Fsp3) is 0.250. The van der Waals surface area contributed by atoms with Gasteiger partial charge in [-0.3, -0.25) is 19.3 Å². The van der Waals surface area contributed by atoms with Crippen molar-refractivity contribution >= 4 is 28.6 Å². The summed E-state index contributed by atoms with van der Waals surface area (Å²) in [5.41, 5.74) is 7.40. The molecule has 4 rings (SSSR count). The van der Waals surface area contributed by atoms with Crippen molar-refractivity contribution in [3.8, 4) is 11.1 Å². The number of hydrogen-bond acceptors (Lipinski definition) is 4. The zero-order chi connectivity index (χ0) is 22.5. The summed E-state index contributed by atoms with van der Waals surface area (Å²) in [4.78, 5) is 42.8. The van der Waals surface area contributed by atoms with Crippen molar-refractivity contribution in [2.45, 2.75) is 27.3 Å². The molecule has 2 heterocycles. The van der Waals surface area contributed by atoms with Crippen LogP contribution in [0.4, 0.5) is 4.39 Å². The molecule has 0 saturated carbocycles. The first kappa shape index (κ1) is 20.7. The third-order valence-electron chi connectivity index (χ3n) is 6.14. The zero-order valence-corrected chi connectivity index (χ0v) is 17.5. The molecule has 1 fully saturated rings. The Morgan fingerprint density at radius 1 is 1.13 bits per heavy atom. The number of hydrogen-bond donors (Lipinski definition) is 1. The molecule has 6 nitrogen and oxygen atoms in total. The monoisotopic (exact) mass is 419 g/mol. The van der Waals surface area contributed by atoms with Gasteiger partial charge in [0.05, 0.1) is 17.5 Å². The predicted octanol–water partition coefficient (Wildman–Crippen LogP) is 3.67. The molecular weight excluding hydrogens is 397 g/mol. The molecule has 1 aromatic heterocycles. The Hall–Kier alpha value is -3.61. The Kier molecular flexibility index (Phi) is 4.84. The van der Waals surface area contributed by atoms with Gasteiger partial charge >= 0.3 is 0 Å². The van der Waals surface area contributed by atoms with E-state index in [9.17, 15) is 18.8 Å². The van der Waals surface area contributed by atoms with Gasteiger partial charge in [-0.05, 0) is 41.0 Å². The number of likely N-dealkylation sites (tertiary alicyclic amines) is 1. The first-order valence-corrected chi connectivity index (χ1v) is 9.95. The number of benzene rings is 2. The van der Waals surface area contributed by atoms with Crippen molar-refractivity contribution in [1.82, 2.24) is 9.88 Å². The van der Waals surface area contributed by atoms with Crippen molar-refractivity contribution < 1.29 is 18.8 Å². The predicted molar refractivity (Wildman–Crippen MR) is 114 cm³/mol. The molecule has 31 heavy (non-hydrogen) atoms. The van der Waals surface area contributed by atoms with Gasteiger partial charge in [-0.15, -0.1) is 0 Å². The van der Waals surface area contributed by atoms with Crippen molar-refractivity contribution in [2.24, 2.45) is 17.1 Å². The third-order valence-corrected chi connectivity index (χ3v) is 6.14. The molecule has 7 heteroatoms. The molecule has 3 aromatic rings. The Morgan fingerprint density at radius 3 is 2.39 bits per heavy atom. The lowest BCUT2D eigenvalue weighted by Crippen LogP contribution is -2.32. The molecule has 2 aromatic carbocycles. The lowest BCUT2D eigenvalue weighted by atomic mass is 9.82. The van der Waals surface area contributed by atoms with Crippen LogP contribution in [-0.4, -0.2) is 27.6 Å². The van der Waals surface area contributed by atoms with E-state index in [0.717, 1.165) is 5.39 Å². The van der Waals surface area contributed by atoms with Crippen LogP contribution in [0.15, 0.2) is 48.5 Å². The number of nitrogens with two attached hydrogens (primary N) is 1. The molecular formula is C24H22FN3O3. The first-order chi connectivity index (χ1) is 14.6. The number of pyridine rings is 1. The van der Waals surface area contributed by atoms with E-state index in [1.54, 1.807) is 45.0 Å². The van der Waals surface area contributed by atoms with Crippen LogP contribution in [0.2, 0.25) is 0 Å². The second-order valence-corrected chi connectivity index (χ2v) is 8.45. The Balaban J connectivity index is 1.79. The summed E-state index contributed by atoms with van der Waals surface area (Å²) < 4.78 is 13.4. The minimum absolute atomic E-state index is 0.0760. The second-order valence-electron chi connectivity index (χ2n) is 8.45. The number of halogens is 1. The van der Waals surface area contributed by atoms with Crippen LogP contribution in [0.3, 0.4) is 0 Å². The van der Waals surface area contributed by atoms with Crippen LogP contribution in [0, 0.1) is 17.2 Å². The highest BCUT2D eigenvalue weighted by Gasteiger charge is 2.50.